The number of piperazine rings is 1. The number of rotatable bonds is 5. The van der Waals surface area contributed by atoms with Gasteiger partial charge in [-0.1, -0.05) is 12.1 Å². The first-order valence-corrected chi connectivity index (χ1v) is 9.11. The van der Waals surface area contributed by atoms with E-state index in [0.29, 0.717) is 19.1 Å². The Morgan fingerprint density at radius 3 is 2.52 bits per heavy atom. The number of nitrogens with zero attached hydrogens (tertiary/aromatic N) is 2. The number of benzene rings is 1. The Morgan fingerprint density at radius 1 is 1.30 bits per heavy atom. The number of hydrogen-bond donors (Lipinski definition) is 2. The smallest absolute Gasteiger partial charge is 0.238 e. The van der Waals surface area contributed by atoms with Crippen LogP contribution in [0.15, 0.2) is 29.2 Å². The van der Waals surface area contributed by atoms with Crippen LogP contribution < -0.4 is 10.5 Å². The van der Waals surface area contributed by atoms with E-state index in [1.165, 1.54) is 12.1 Å². The maximum atomic E-state index is 12.1. The highest BCUT2D eigenvalue weighted by atomic mass is 32.2. The molecule has 3 N–H and O–H groups in total. The van der Waals surface area contributed by atoms with Gasteiger partial charge in [0.05, 0.1) is 11.4 Å². The Morgan fingerprint density at radius 2 is 1.96 bits per heavy atom. The summed E-state index contributed by atoms with van der Waals surface area (Å²) >= 11 is 0. The van der Waals surface area contributed by atoms with Crippen LogP contribution in [0, 0.1) is 0 Å². The largest absolute Gasteiger partial charge is 0.351 e. The monoisotopic (exact) mass is 340 g/mol. The molecule has 0 spiro atoms. The van der Waals surface area contributed by atoms with Crippen LogP contribution in [0.3, 0.4) is 0 Å². The molecule has 1 aromatic carbocycles. The molecule has 1 amide bonds. The maximum Gasteiger partial charge on any atom is 0.238 e. The molecule has 0 aliphatic carbocycles. The summed E-state index contributed by atoms with van der Waals surface area (Å²) in [5.74, 6) is -0.0306. The molecule has 1 aliphatic rings. The van der Waals surface area contributed by atoms with Crippen LogP contribution in [0.5, 0.6) is 0 Å². The van der Waals surface area contributed by atoms with Crippen molar-refractivity contribution in [3.8, 4) is 0 Å². The molecule has 1 fully saturated rings. The van der Waals surface area contributed by atoms with Crippen molar-refractivity contribution in [2.24, 2.45) is 5.14 Å². The third-order valence-corrected chi connectivity index (χ3v) is 4.99. The lowest BCUT2D eigenvalue weighted by atomic mass is 10.2. The summed E-state index contributed by atoms with van der Waals surface area (Å²) in [6, 6.07) is 6.55. The summed E-state index contributed by atoms with van der Waals surface area (Å²) in [5, 5.41) is 7.91. The summed E-state index contributed by atoms with van der Waals surface area (Å²) in [6.07, 6.45) is 0. The van der Waals surface area contributed by atoms with Gasteiger partial charge >= 0.3 is 0 Å². The molecule has 0 saturated carbocycles. The number of hydrogen-bond acceptors (Lipinski definition) is 5. The van der Waals surface area contributed by atoms with Gasteiger partial charge in [0, 0.05) is 32.2 Å². The molecule has 1 aromatic rings. The normalized spacial score (nSPS) is 20.4. The quantitative estimate of drug-likeness (QED) is 0.759. The van der Waals surface area contributed by atoms with Gasteiger partial charge in [0.1, 0.15) is 0 Å². The fraction of sp³-hybridized carbons (Fsp3) is 0.533. The highest BCUT2D eigenvalue weighted by Crippen LogP contribution is 2.09. The third kappa shape index (κ3) is 5.28. The van der Waals surface area contributed by atoms with E-state index in [-0.39, 0.29) is 10.8 Å². The SMILES string of the molecule is C[C@@H]1CN(C)CCN1CC(=O)NCc1ccc(S(N)(=O)=O)cc1. The van der Waals surface area contributed by atoms with E-state index in [9.17, 15) is 13.2 Å². The topological polar surface area (TPSA) is 95.7 Å². The van der Waals surface area contributed by atoms with Gasteiger partial charge in [-0.05, 0) is 31.7 Å². The summed E-state index contributed by atoms with van der Waals surface area (Å²) in [6.45, 7) is 5.67. The molecule has 7 nitrogen and oxygen atoms in total. The maximum absolute atomic E-state index is 12.1. The molecule has 0 bridgehead atoms. The number of sulfonamides is 1. The van der Waals surface area contributed by atoms with Crippen molar-refractivity contribution in [3.63, 3.8) is 0 Å². The minimum absolute atomic E-state index is 0.0306. The lowest BCUT2D eigenvalue weighted by Gasteiger charge is -2.37. The second kappa shape index (κ2) is 7.39. The van der Waals surface area contributed by atoms with Crippen molar-refractivity contribution in [1.29, 1.82) is 0 Å². The zero-order chi connectivity index (χ0) is 17.0. The fourth-order valence-electron chi connectivity index (χ4n) is 2.65. The van der Waals surface area contributed by atoms with E-state index >= 15 is 0 Å². The zero-order valence-electron chi connectivity index (χ0n) is 13.5. The molecule has 0 unspecified atom stereocenters. The molecule has 2 rings (SSSR count). The van der Waals surface area contributed by atoms with Gasteiger partial charge in [0.2, 0.25) is 15.9 Å². The third-order valence-electron chi connectivity index (χ3n) is 4.06. The summed E-state index contributed by atoms with van der Waals surface area (Å²) in [7, 11) is -1.60. The summed E-state index contributed by atoms with van der Waals surface area (Å²) in [4.78, 5) is 16.5. The molecule has 8 heteroatoms. The van der Waals surface area contributed by atoms with Gasteiger partial charge in [-0.2, -0.15) is 0 Å². The summed E-state index contributed by atoms with van der Waals surface area (Å²) in [5.41, 5.74) is 0.831. The first kappa shape index (κ1) is 17.9. The van der Waals surface area contributed by atoms with Gasteiger partial charge in [0.15, 0.2) is 0 Å². The van der Waals surface area contributed by atoms with Gasteiger partial charge < -0.3 is 10.2 Å². The fourth-order valence-corrected chi connectivity index (χ4v) is 3.17. The number of primary sulfonamides is 1. The average molecular weight is 340 g/mol. The Kier molecular flexibility index (Phi) is 5.74. The van der Waals surface area contributed by atoms with E-state index in [4.69, 9.17) is 5.14 Å². The molecule has 1 heterocycles. The predicted molar refractivity (Wildman–Crippen MR) is 88.2 cm³/mol. The van der Waals surface area contributed by atoms with Gasteiger partial charge in [0.25, 0.3) is 0 Å². The van der Waals surface area contributed by atoms with Crippen molar-refractivity contribution in [3.05, 3.63) is 29.8 Å². The highest BCUT2D eigenvalue weighted by Gasteiger charge is 2.23. The van der Waals surface area contributed by atoms with Crippen LogP contribution >= 0.6 is 0 Å². The Bertz CT molecular complexity index is 645. The molecule has 1 aliphatic heterocycles. The van der Waals surface area contributed by atoms with E-state index < -0.39 is 10.0 Å². The van der Waals surface area contributed by atoms with E-state index in [2.05, 4.69) is 29.1 Å². The minimum Gasteiger partial charge on any atom is -0.351 e. The number of amides is 1. The first-order chi connectivity index (χ1) is 10.8. The average Bonchev–Trinajstić information content (AvgIpc) is 2.47. The second-order valence-electron chi connectivity index (χ2n) is 6.05. The molecule has 128 valence electrons. The van der Waals surface area contributed by atoms with E-state index in [0.717, 1.165) is 25.2 Å². The molecule has 1 saturated heterocycles. The molecule has 1 atom stereocenters. The van der Waals surface area contributed by atoms with Crippen LogP contribution in [0.1, 0.15) is 12.5 Å². The zero-order valence-corrected chi connectivity index (χ0v) is 14.3. The van der Waals surface area contributed by atoms with Crippen LogP contribution in [0.25, 0.3) is 0 Å². The number of carbonyl (C=O) groups is 1. The van der Waals surface area contributed by atoms with Gasteiger partial charge in [-0.3, -0.25) is 9.69 Å². The second-order valence-corrected chi connectivity index (χ2v) is 7.61. The Hall–Kier alpha value is -1.48. The van der Waals surface area contributed by atoms with Crippen molar-refractivity contribution in [2.75, 3.05) is 33.2 Å². The van der Waals surface area contributed by atoms with Gasteiger partial charge in [-0.15, -0.1) is 0 Å². The van der Waals surface area contributed by atoms with Crippen molar-refractivity contribution >= 4 is 15.9 Å². The molecule has 23 heavy (non-hydrogen) atoms. The van der Waals surface area contributed by atoms with Crippen molar-refractivity contribution < 1.29 is 13.2 Å². The summed E-state index contributed by atoms with van der Waals surface area (Å²) < 4.78 is 22.4. The lowest BCUT2D eigenvalue weighted by Crippen LogP contribution is -2.53. The van der Waals surface area contributed by atoms with Gasteiger partial charge in [-0.25, -0.2) is 13.6 Å². The van der Waals surface area contributed by atoms with Crippen LogP contribution in [0.2, 0.25) is 0 Å². The predicted octanol–water partition coefficient (Wildman–Crippen LogP) is -0.414. The van der Waals surface area contributed by atoms with Crippen molar-refractivity contribution in [2.45, 2.75) is 24.4 Å². The highest BCUT2D eigenvalue weighted by molar-refractivity contribution is 7.89. The molecule has 0 aromatic heterocycles. The Balaban J connectivity index is 1.82. The number of nitrogens with two attached hydrogens (primary N) is 1. The molecule has 0 radical (unpaired) electrons. The van der Waals surface area contributed by atoms with Crippen LogP contribution in [0.4, 0.5) is 0 Å². The first-order valence-electron chi connectivity index (χ1n) is 7.57. The lowest BCUT2D eigenvalue weighted by molar-refractivity contribution is -0.123. The standard InChI is InChI=1S/C15H24N4O3S/c1-12-10-18(2)7-8-19(12)11-15(20)17-9-13-3-5-14(6-4-13)23(16,21)22/h3-6,12H,7-11H2,1-2H3,(H,17,20)(H2,16,21,22)/t12-/m1/s1. The van der Waals surface area contributed by atoms with Crippen LogP contribution in [-0.4, -0.2) is 63.4 Å². The molecular formula is C15H24N4O3S. The minimum atomic E-state index is -3.68. The van der Waals surface area contributed by atoms with E-state index in [1.54, 1.807) is 12.1 Å². The number of nitrogens with one attached hydrogen (secondary N) is 1. The van der Waals surface area contributed by atoms with Crippen LogP contribution in [-0.2, 0) is 21.4 Å². The van der Waals surface area contributed by atoms with E-state index in [1.807, 2.05) is 0 Å². The number of carbonyl (C=O) groups excluding carboxylic acids is 1. The Labute approximate surface area is 137 Å². The number of likely N-dealkylation sites (N-methyl/N-ethyl adjacent to an activating group) is 1. The van der Waals surface area contributed by atoms with Crippen molar-refractivity contribution in [1.82, 2.24) is 15.1 Å². The molecular weight excluding hydrogens is 316 g/mol.